The predicted octanol–water partition coefficient (Wildman–Crippen LogP) is 20.8. The first-order valence-corrected chi connectivity index (χ1v) is 51.8. The number of hydrogen-bond acceptors (Lipinski definition) is 18. The quantitative estimate of drug-likeness (QED) is 0.0155. The molecule has 147 heavy (non-hydrogen) atoms. The van der Waals surface area contributed by atoms with E-state index in [1.807, 2.05) is 42.5 Å². The van der Waals surface area contributed by atoms with Crippen LogP contribution < -0.4 is 20.1 Å². The van der Waals surface area contributed by atoms with Crippen LogP contribution >= 0.6 is 11.6 Å². The maximum Gasteiger partial charge on any atom is 0.257 e. The summed E-state index contributed by atoms with van der Waals surface area (Å²) in [4.78, 5) is 44.5. The van der Waals surface area contributed by atoms with E-state index < -0.39 is 59.2 Å². The Morgan fingerprint density at radius 2 is 0.803 bits per heavy atom. The Hall–Kier alpha value is -16.0. The fraction of sp³-hybridized carbons (Fsp3) is 0.167. The Labute approximate surface area is 847 Å². The number of amides is 2. The number of H-pyrrole nitrogens is 5. The smallest absolute Gasteiger partial charge is 0.257 e. The van der Waals surface area contributed by atoms with Crippen LogP contribution in [0.3, 0.4) is 0 Å². The molecule has 9 N–H and O–H groups in total. The van der Waals surface area contributed by atoms with Gasteiger partial charge in [0.15, 0.2) is 0 Å². The predicted molar refractivity (Wildman–Crippen MR) is 547 cm³/mol. The second-order valence-electron chi connectivity index (χ2n) is 34.5. The highest BCUT2D eigenvalue weighted by Crippen LogP contribution is 2.43. The van der Waals surface area contributed by atoms with Crippen molar-refractivity contribution in [3.8, 4) is 112 Å². The molecular formula is C108H96ClF7N20O8S3. The molecule has 0 radical (unpaired) electrons. The Bertz CT molecular complexity index is 7890. The molecule has 750 valence electrons. The summed E-state index contributed by atoms with van der Waals surface area (Å²) in [6, 6.07) is 65.5. The minimum absolute atomic E-state index is 0.0427. The van der Waals surface area contributed by atoms with E-state index in [0.29, 0.717) is 92.2 Å². The number of nitrogens with zero attached hydrogens (tertiary/aromatic N) is 11. The van der Waals surface area contributed by atoms with Gasteiger partial charge in [-0.1, -0.05) is 48.0 Å². The summed E-state index contributed by atoms with van der Waals surface area (Å²) in [6.45, 7) is 4.87. The monoisotopic (exact) mass is 2060 g/mol. The SMILES string of the molecule is CS(=O)(=O)N1CCC(c2[nH]nc(-c3ccc(F)cc3)c2-c2ccncc2)CC1.C[C@@H](NS(=O)(=O)c1cccc(Cl)c1)c1[nH]nc(-c2ccc(F)cc2)c1-c1ccncc1.Cc1cc(F)c(C(=O)NCc2[nH]nc(-c3ccc(F)cc3)c2-c2ccncc2)c(F)c1.O=C(NCCCc1[nH]nc(-c2ccc(F)cc2)c1-c1ccncc1)C1CC1.O=S(=O)(Cc1ccccc1)NCc1[nH]nc(-c2ccc(F)cc2)c1-c1ccncc1. The number of nitrogens with one attached hydrogen (secondary N) is 9. The number of carbonyl (C=O) groups is 2. The van der Waals surface area contributed by atoms with E-state index in [-0.39, 0.29) is 70.6 Å². The lowest BCUT2D eigenvalue weighted by atomic mass is 9.88. The number of aromatic amines is 5. The molecule has 0 unspecified atom stereocenters. The van der Waals surface area contributed by atoms with Gasteiger partial charge in [-0.2, -0.15) is 25.5 Å². The van der Waals surface area contributed by atoms with Gasteiger partial charge in [0.1, 0.15) is 74.8 Å². The van der Waals surface area contributed by atoms with E-state index in [0.717, 1.165) is 135 Å². The van der Waals surface area contributed by atoms with Crippen LogP contribution in [0.15, 0.2) is 316 Å². The molecule has 39 heteroatoms. The molecule has 1 saturated carbocycles. The number of piperidine rings is 1. The van der Waals surface area contributed by atoms with Crippen molar-refractivity contribution < 1.29 is 65.6 Å². The van der Waals surface area contributed by atoms with Crippen LogP contribution in [0.1, 0.15) is 101 Å². The minimum atomic E-state index is -3.83. The lowest BCUT2D eigenvalue weighted by Gasteiger charge is -2.30. The zero-order chi connectivity index (χ0) is 103. The zero-order valence-electron chi connectivity index (χ0n) is 79.1. The molecule has 1 aliphatic heterocycles. The molecule has 2 aliphatic rings. The van der Waals surface area contributed by atoms with Gasteiger partial charge in [0.25, 0.3) is 5.91 Å². The summed E-state index contributed by atoms with van der Waals surface area (Å²) in [5.41, 5.74) is 19.6. The van der Waals surface area contributed by atoms with Crippen LogP contribution in [0.25, 0.3) is 112 Å². The molecule has 18 aromatic rings. The van der Waals surface area contributed by atoms with Crippen molar-refractivity contribution >= 4 is 53.5 Å². The Balaban J connectivity index is 0.000000131. The molecule has 1 atom stereocenters. The zero-order valence-corrected chi connectivity index (χ0v) is 82.3. The third kappa shape index (κ3) is 26.8. The minimum Gasteiger partial charge on any atom is -0.356 e. The van der Waals surface area contributed by atoms with E-state index in [4.69, 9.17) is 11.6 Å². The van der Waals surface area contributed by atoms with Crippen molar-refractivity contribution in [1.29, 1.82) is 0 Å². The fourth-order valence-electron chi connectivity index (χ4n) is 16.7. The van der Waals surface area contributed by atoms with Crippen molar-refractivity contribution in [1.82, 2.24) is 100 Å². The number of sulfonamides is 3. The molecule has 11 heterocycles. The summed E-state index contributed by atoms with van der Waals surface area (Å²) in [5, 5.41) is 43.0. The molecule has 1 aliphatic carbocycles. The standard InChI is InChI=1S/C23H17F3N4O.C22H18ClFN4O2S.C22H19FN4O2S.C21H21FN4O.C20H21FN4O2S/c1-13-10-17(25)21(18(26)11-13)23(31)28-12-19-20(14-6-8-27-9-7-14)22(30-29-19)15-2-4-16(24)5-3-15;1-14(28-31(29,30)19-4-2-3-17(23)13-19)21-20(15-9-11-25-12-10-15)22(27-26-21)16-5-7-18(24)8-6-16;23-19-8-6-18(7-9-19)22-21(17-10-12-24-13-11-17)20(26-27-22)14-25-30(28,29)15-16-4-2-1-3-5-16;22-17-7-5-15(6-8-17)20-19(14-9-12-23-13-10-14)18(25-26-20)2-1-11-24-21(27)16-3-4-16;1-28(26,27)25-12-8-16(9-13-25)20-18(14-6-10-22-11-7-14)19(23-24-20)15-2-4-17(21)5-3-15/h2-11H,12H2,1H3,(H,28,31)(H,29,30);2-14,28H,1H3,(H,26,27);1-13,25H,14-15H2,(H,26,27);5-10,12-13,16H,1-4,11H2,(H,24,27)(H,25,26);2-7,10-11,16H,8-9,12-13H2,1H3,(H,23,24)/t;14-;;;/m.1.../s1. The second kappa shape index (κ2) is 47.7. The van der Waals surface area contributed by atoms with Gasteiger partial charge < -0.3 is 10.6 Å². The number of halogens is 8. The van der Waals surface area contributed by atoms with Crippen molar-refractivity contribution in [2.45, 2.75) is 88.1 Å². The number of carbonyl (C=O) groups excluding carboxylic acids is 2. The summed E-state index contributed by atoms with van der Waals surface area (Å²) in [5.74, 6) is -3.92. The van der Waals surface area contributed by atoms with Crippen molar-refractivity contribution in [3.05, 3.63) is 402 Å². The third-order valence-electron chi connectivity index (χ3n) is 24.1. The molecule has 2 amide bonds. The van der Waals surface area contributed by atoms with Gasteiger partial charge in [-0.05, 0) is 304 Å². The summed E-state index contributed by atoms with van der Waals surface area (Å²) in [6.07, 6.45) is 23.0. The first kappa shape index (κ1) is 104. The van der Waals surface area contributed by atoms with Crippen LogP contribution in [-0.4, -0.2) is 143 Å². The molecular weight excluding hydrogens is 1970 g/mol. The molecule has 10 aromatic heterocycles. The van der Waals surface area contributed by atoms with Gasteiger partial charge >= 0.3 is 0 Å². The van der Waals surface area contributed by atoms with Crippen molar-refractivity contribution in [2.75, 3.05) is 25.9 Å². The van der Waals surface area contributed by atoms with E-state index in [1.54, 1.807) is 190 Å². The van der Waals surface area contributed by atoms with Gasteiger partial charge in [-0.15, -0.1) is 0 Å². The van der Waals surface area contributed by atoms with E-state index in [2.05, 4.69) is 96.0 Å². The molecule has 0 spiro atoms. The Morgan fingerprint density at radius 1 is 0.422 bits per heavy atom. The van der Waals surface area contributed by atoms with Gasteiger partial charge in [0.2, 0.25) is 36.0 Å². The van der Waals surface area contributed by atoms with Crippen LogP contribution in [-0.2, 0) is 60.1 Å². The first-order valence-electron chi connectivity index (χ1n) is 46.4. The van der Waals surface area contributed by atoms with E-state index >= 15 is 0 Å². The molecule has 2 fully saturated rings. The number of benzene rings is 8. The average molecular weight is 2070 g/mol. The third-order valence-corrected chi connectivity index (χ3v) is 28.5. The molecule has 0 bridgehead atoms. The highest BCUT2D eigenvalue weighted by molar-refractivity contribution is 7.89. The summed E-state index contributed by atoms with van der Waals surface area (Å²) in [7, 11) is -10.6. The number of rotatable bonds is 29. The van der Waals surface area contributed by atoms with E-state index in [9.17, 15) is 65.6 Å². The molecule has 8 aromatic carbocycles. The van der Waals surface area contributed by atoms with Crippen LogP contribution in [0.2, 0.25) is 5.02 Å². The first-order chi connectivity index (χ1) is 71.0. The largest absolute Gasteiger partial charge is 0.356 e. The fourth-order valence-corrected chi connectivity index (χ4v) is 20.2. The Kier molecular flexibility index (Phi) is 33.7. The van der Waals surface area contributed by atoms with Crippen molar-refractivity contribution in [2.24, 2.45) is 5.92 Å². The van der Waals surface area contributed by atoms with Crippen molar-refractivity contribution in [3.63, 3.8) is 0 Å². The number of aromatic nitrogens is 15. The Morgan fingerprint density at radius 3 is 1.22 bits per heavy atom. The topological polar surface area (TPSA) is 396 Å². The van der Waals surface area contributed by atoms with E-state index in [1.165, 1.54) is 90.3 Å². The average Bonchev–Trinajstić information content (AvgIpc) is 1.65. The number of aryl methyl sites for hydroxylation is 2. The van der Waals surface area contributed by atoms with Crippen LogP contribution in [0, 0.1) is 53.6 Å². The van der Waals surface area contributed by atoms with Crippen LogP contribution in [0.4, 0.5) is 30.7 Å². The number of hydrogen-bond donors (Lipinski definition) is 9. The summed E-state index contributed by atoms with van der Waals surface area (Å²) < 4.78 is 176. The number of pyridine rings is 5. The molecule has 28 nitrogen and oxygen atoms in total. The van der Waals surface area contributed by atoms with Gasteiger partial charge in [0, 0.05) is 165 Å². The van der Waals surface area contributed by atoms with Crippen LogP contribution in [0.5, 0.6) is 0 Å². The lowest BCUT2D eigenvalue weighted by Crippen LogP contribution is -2.37. The normalized spacial score (nSPS) is 12.9. The maximum absolute atomic E-state index is 14.1. The van der Waals surface area contributed by atoms with Gasteiger partial charge in [-0.25, -0.2) is 69.7 Å². The second-order valence-corrected chi connectivity index (χ2v) is 40.4. The van der Waals surface area contributed by atoms with Gasteiger partial charge in [0.05, 0.1) is 53.1 Å². The summed E-state index contributed by atoms with van der Waals surface area (Å²) >= 11 is 5.95. The molecule has 20 rings (SSSR count). The highest BCUT2D eigenvalue weighted by atomic mass is 35.5. The molecule has 1 saturated heterocycles. The maximum atomic E-state index is 14.1. The van der Waals surface area contributed by atoms with Gasteiger partial charge in [-0.3, -0.25) is 60.0 Å². The highest BCUT2D eigenvalue weighted by Gasteiger charge is 2.34. The lowest BCUT2D eigenvalue weighted by molar-refractivity contribution is -0.122.